The van der Waals surface area contributed by atoms with Crippen LogP contribution in [0, 0.1) is 0 Å². The number of imidazole rings is 1. The van der Waals surface area contributed by atoms with Crippen LogP contribution in [0.25, 0.3) is 16.7 Å². The number of para-hydroxylation sites is 1. The normalized spacial score (nSPS) is 10.7. The van der Waals surface area contributed by atoms with Gasteiger partial charge in [-0.2, -0.15) is 0 Å². The maximum atomic E-state index is 5.31. The Bertz CT molecular complexity index is 977. The molecule has 0 radical (unpaired) electrons. The van der Waals surface area contributed by atoms with Gasteiger partial charge in [0, 0.05) is 17.4 Å². The number of rotatable bonds is 4. The minimum Gasteiger partial charge on any atom is -0.497 e. The van der Waals surface area contributed by atoms with Crippen molar-refractivity contribution >= 4 is 22.4 Å². The van der Waals surface area contributed by atoms with E-state index in [9.17, 15) is 0 Å². The van der Waals surface area contributed by atoms with Gasteiger partial charge >= 0.3 is 0 Å². The maximum absolute atomic E-state index is 5.31. The van der Waals surface area contributed by atoms with E-state index >= 15 is 0 Å². The van der Waals surface area contributed by atoms with E-state index in [-0.39, 0.29) is 0 Å². The number of ether oxygens (including phenoxy) is 1. The van der Waals surface area contributed by atoms with E-state index in [2.05, 4.69) is 33.1 Å². The van der Waals surface area contributed by atoms with E-state index in [1.807, 2.05) is 60.9 Å². The molecule has 0 spiro atoms. The SMILES string of the molecule is COc1cccc(-n2cnc3cc(Nc4ccccc4)ccc32)c1. The molecular formula is C20H17N3O. The van der Waals surface area contributed by atoms with Crippen molar-refractivity contribution in [1.29, 1.82) is 0 Å². The van der Waals surface area contributed by atoms with Crippen molar-refractivity contribution < 1.29 is 4.74 Å². The number of hydrogen-bond acceptors (Lipinski definition) is 3. The average molecular weight is 315 g/mol. The number of aromatic nitrogens is 2. The molecule has 0 aliphatic heterocycles. The van der Waals surface area contributed by atoms with E-state index in [1.165, 1.54) is 0 Å². The van der Waals surface area contributed by atoms with Gasteiger partial charge < -0.3 is 10.1 Å². The van der Waals surface area contributed by atoms with E-state index in [0.717, 1.165) is 33.8 Å². The van der Waals surface area contributed by atoms with Crippen molar-refractivity contribution in [2.75, 3.05) is 12.4 Å². The quantitative estimate of drug-likeness (QED) is 0.589. The fourth-order valence-electron chi connectivity index (χ4n) is 2.74. The van der Waals surface area contributed by atoms with E-state index < -0.39 is 0 Å². The maximum Gasteiger partial charge on any atom is 0.120 e. The van der Waals surface area contributed by atoms with E-state index in [0.29, 0.717) is 0 Å². The molecule has 4 heteroatoms. The van der Waals surface area contributed by atoms with Crippen LogP contribution in [0.5, 0.6) is 5.75 Å². The lowest BCUT2D eigenvalue weighted by molar-refractivity contribution is 0.414. The zero-order chi connectivity index (χ0) is 16.4. The van der Waals surface area contributed by atoms with E-state index in [1.54, 1.807) is 7.11 Å². The Kier molecular flexibility index (Phi) is 3.63. The third-order valence-electron chi connectivity index (χ3n) is 3.94. The molecule has 0 atom stereocenters. The first-order chi connectivity index (χ1) is 11.8. The Morgan fingerprint density at radius 2 is 1.75 bits per heavy atom. The lowest BCUT2D eigenvalue weighted by Gasteiger charge is -2.08. The van der Waals surface area contributed by atoms with Crippen molar-refractivity contribution in [3.05, 3.63) is 79.1 Å². The molecule has 0 saturated carbocycles. The van der Waals surface area contributed by atoms with E-state index in [4.69, 9.17) is 4.74 Å². The Balaban J connectivity index is 1.70. The van der Waals surface area contributed by atoms with Crippen molar-refractivity contribution in [2.45, 2.75) is 0 Å². The van der Waals surface area contributed by atoms with Crippen LogP contribution in [0.1, 0.15) is 0 Å². The zero-order valence-electron chi connectivity index (χ0n) is 13.3. The van der Waals surface area contributed by atoms with Gasteiger partial charge in [-0.3, -0.25) is 4.57 Å². The summed E-state index contributed by atoms with van der Waals surface area (Å²) in [4.78, 5) is 4.53. The highest BCUT2D eigenvalue weighted by atomic mass is 16.5. The Hall–Kier alpha value is -3.27. The highest BCUT2D eigenvalue weighted by Crippen LogP contribution is 2.25. The van der Waals surface area contributed by atoms with Gasteiger partial charge in [0.2, 0.25) is 0 Å². The second-order valence-electron chi connectivity index (χ2n) is 5.51. The molecule has 4 rings (SSSR count). The number of nitrogens with zero attached hydrogens (tertiary/aromatic N) is 2. The number of methoxy groups -OCH3 is 1. The Morgan fingerprint density at radius 1 is 0.875 bits per heavy atom. The molecule has 3 aromatic carbocycles. The van der Waals surface area contributed by atoms with Crippen LogP contribution in [0.4, 0.5) is 11.4 Å². The average Bonchev–Trinajstić information content (AvgIpc) is 3.06. The van der Waals surface area contributed by atoms with Gasteiger partial charge in [-0.1, -0.05) is 24.3 Å². The van der Waals surface area contributed by atoms with Crippen LogP contribution >= 0.6 is 0 Å². The summed E-state index contributed by atoms with van der Waals surface area (Å²) in [7, 11) is 1.67. The first-order valence-electron chi connectivity index (χ1n) is 7.77. The van der Waals surface area contributed by atoms with Crippen LogP contribution in [0.3, 0.4) is 0 Å². The molecule has 1 aromatic heterocycles. The molecule has 4 nitrogen and oxygen atoms in total. The molecule has 118 valence electrons. The fraction of sp³-hybridized carbons (Fsp3) is 0.0500. The predicted octanol–water partition coefficient (Wildman–Crippen LogP) is 4.78. The van der Waals surface area contributed by atoms with Gasteiger partial charge in [-0.15, -0.1) is 0 Å². The topological polar surface area (TPSA) is 39.1 Å². The largest absolute Gasteiger partial charge is 0.497 e. The Labute approximate surface area is 140 Å². The molecular weight excluding hydrogens is 298 g/mol. The lowest BCUT2D eigenvalue weighted by Crippen LogP contribution is -1.93. The second-order valence-corrected chi connectivity index (χ2v) is 5.51. The van der Waals surface area contributed by atoms with Gasteiger partial charge in [0.05, 0.1) is 23.8 Å². The minimum absolute atomic E-state index is 0.830. The van der Waals surface area contributed by atoms with Crippen LogP contribution in [0.2, 0.25) is 0 Å². The second kappa shape index (κ2) is 6.08. The first-order valence-corrected chi connectivity index (χ1v) is 7.77. The summed E-state index contributed by atoms with van der Waals surface area (Å²) in [5.74, 6) is 0.830. The van der Waals surface area contributed by atoms with Gasteiger partial charge in [0.15, 0.2) is 0 Å². The standard InChI is InChI=1S/C20H17N3O/c1-24-18-9-5-8-17(13-18)23-14-21-19-12-16(10-11-20(19)23)22-15-6-3-2-4-7-15/h2-14,22H,1H3. The van der Waals surface area contributed by atoms with Gasteiger partial charge in [0.25, 0.3) is 0 Å². The molecule has 0 saturated heterocycles. The van der Waals surface area contributed by atoms with Crippen LogP contribution in [-0.2, 0) is 0 Å². The molecule has 4 aromatic rings. The van der Waals surface area contributed by atoms with Crippen molar-refractivity contribution in [3.63, 3.8) is 0 Å². The number of anilines is 2. The number of nitrogens with one attached hydrogen (secondary N) is 1. The lowest BCUT2D eigenvalue weighted by atomic mass is 10.2. The fourth-order valence-corrected chi connectivity index (χ4v) is 2.74. The Morgan fingerprint density at radius 3 is 2.58 bits per heavy atom. The third-order valence-corrected chi connectivity index (χ3v) is 3.94. The molecule has 0 fully saturated rings. The summed E-state index contributed by atoms with van der Waals surface area (Å²) in [6.45, 7) is 0. The monoisotopic (exact) mass is 315 g/mol. The number of fused-ring (bicyclic) bond motifs is 1. The van der Waals surface area contributed by atoms with Crippen LogP contribution in [-0.4, -0.2) is 16.7 Å². The molecule has 0 aliphatic rings. The first kappa shape index (κ1) is 14.3. The van der Waals surface area contributed by atoms with Gasteiger partial charge in [-0.25, -0.2) is 4.98 Å². The van der Waals surface area contributed by atoms with Crippen molar-refractivity contribution in [3.8, 4) is 11.4 Å². The van der Waals surface area contributed by atoms with Gasteiger partial charge in [0.1, 0.15) is 12.1 Å². The summed E-state index contributed by atoms with van der Waals surface area (Å²) in [5, 5.41) is 3.39. The number of benzene rings is 3. The smallest absolute Gasteiger partial charge is 0.120 e. The highest BCUT2D eigenvalue weighted by Gasteiger charge is 2.06. The minimum atomic E-state index is 0.830. The summed E-state index contributed by atoms with van der Waals surface area (Å²) in [6, 6.07) is 24.3. The van der Waals surface area contributed by atoms with Crippen LogP contribution in [0.15, 0.2) is 79.1 Å². The number of hydrogen-bond donors (Lipinski definition) is 1. The summed E-state index contributed by atoms with van der Waals surface area (Å²) in [6.07, 6.45) is 1.84. The molecule has 24 heavy (non-hydrogen) atoms. The molecule has 0 bridgehead atoms. The predicted molar refractivity (Wildman–Crippen MR) is 97.3 cm³/mol. The summed E-state index contributed by atoms with van der Waals surface area (Å²) >= 11 is 0. The molecule has 0 aliphatic carbocycles. The molecule has 0 unspecified atom stereocenters. The third kappa shape index (κ3) is 2.70. The summed E-state index contributed by atoms with van der Waals surface area (Å²) < 4.78 is 7.37. The zero-order valence-corrected chi connectivity index (χ0v) is 13.3. The molecule has 1 heterocycles. The highest BCUT2D eigenvalue weighted by molar-refractivity contribution is 5.82. The van der Waals surface area contributed by atoms with Gasteiger partial charge in [-0.05, 0) is 42.5 Å². The van der Waals surface area contributed by atoms with Crippen LogP contribution < -0.4 is 10.1 Å². The van der Waals surface area contributed by atoms with Crippen molar-refractivity contribution in [2.24, 2.45) is 0 Å². The van der Waals surface area contributed by atoms with Crippen molar-refractivity contribution in [1.82, 2.24) is 9.55 Å². The summed E-state index contributed by atoms with van der Waals surface area (Å²) in [5.41, 5.74) is 5.11. The molecule has 1 N–H and O–H groups in total. The molecule has 0 amide bonds.